The minimum atomic E-state index is 0. The second kappa shape index (κ2) is 11.3. The molecule has 0 aromatic heterocycles. The molecule has 0 aliphatic carbocycles. The van der Waals surface area contributed by atoms with E-state index in [9.17, 15) is 4.79 Å². The number of hydrogen-bond acceptors (Lipinski definition) is 3. The van der Waals surface area contributed by atoms with E-state index in [0.29, 0.717) is 24.7 Å². The van der Waals surface area contributed by atoms with E-state index < -0.39 is 0 Å². The van der Waals surface area contributed by atoms with Gasteiger partial charge in [-0.25, -0.2) is 4.99 Å². The van der Waals surface area contributed by atoms with Gasteiger partial charge in [0.15, 0.2) is 5.96 Å². The average molecular weight is 468 g/mol. The number of benzene rings is 2. The van der Waals surface area contributed by atoms with Crippen LogP contribution in [0, 0.1) is 0 Å². The molecule has 0 spiro atoms. The Hall–Kier alpha value is -2.29. The van der Waals surface area contributed by atoms with Gasteiger partial charge in [0.1, 0.15) is 5.75 Å². The number of para-hydroxylation sites is 2. The van der Waals surface area contributed by atoms with Crippen molar-refractivity contribution in [3.05, 3.63) is 54.1 Å². The summed E-state index contributed by atoms with van der Waals surface area (Å²) in [6.07, 6.45) is 1.36. The molecule has 0 aliphatic heterocycles. The van der Waals surface area contributed by atoms with Crippen LogP contribution in [0.4, 0.5) is 11.4 Å². The molecule has 0 fully saturated rings. The average Bonchev–Trinajstić information content (AvgIpc) is 2.62. The van der Waals surface area contributed by atoms with E-state index in [1.165, 1.54) is 0 Å². The molecular formula is C19H25IN4O2. The molecule has 7 heteroatoms. The molecule has 140 valence electrons. The predicted molar refractivity (Wildman–Crippen MR) is 117 cm³/mol. The van der Waals surface area contributed by atoms with E-state index in [1.807, 2.05) is 55.5 Å². The van der Waals surface area contributed by atoms with Crippen molar-refractivity contribution in [2.75, 3.05) is 17.7 Å². The van der Waals surface area contributed by atoms with Crippen LogP contribution in [0.5, 0.6) is 5.75 Å². The molecule has 2 rings (SSSR count). The number of anilines is 2. The van der Waals surface area contributed by atoms with Crippen molar-refractivity contribution in [2.45, 2.75) is 26.3 Å². The van der Waals surface area contributed by atoms with Crippen LogP contribution in [-0.4, -0.2) is 19.0 Å². The van der Waals surface area contributed by atoms with Crippen LogP contribution in [0.3, 0.4) is 0 Å². The lowest BCUT2D eigenvalue weighted by atomic mass is 10.2. The molecule has 6 nitrogen and oxygen atoms in total. The number of nitrogens with zero attached hydrogens (tertiary/aromatic N) is 1. The Morgan fingerprint density at radius 2 is 1.81 bits per heavy atom. The highest BCUT2D eigenvalue weighted by molar-refractivity contribution is 14.0. The van der Waals surface area contributed by atoms with E-state index in [4.69, 9.17) is 10.5 Å². The number of carbonyl (C=O) groups excluding carboxylic acids is 1. The topological polar surface area (TPSA) is 88.7 Å². The van der Waals surface area contributed by atoms with Crippen molar-refractivity contribution in [1.29, 1.82) is 0 Å². The van der Waals surface area contributed by atoms with E-state index in [-0.39, 0.29) is 29.9 Å². The van der Waals surface area contributed by atoms with Crippen LogP contribution in [0.25, 0.3) is 0 Å². The standard InChI is InChI=1S/C19H24N4O2.HI/c1-3-6-18(24)22-15-11-9-14(10-12-15)13-21-19(20)23-16-7-4-5-8-17(16)25-2;/h4-5,7-12H,3,6,13H2,1-2H3,(H,22,24)(H3,20,21,23);1H. The smallest absolute Gasteiger partial charge is 0.224 e. The SMILES string of the molecule is CCCC(=O)Nc1ccc(CN=C(N)Nc2ccccc2OC)cc1.I. The number of hydrogen-bond donors (Lipinski definition) is 3. The molecule has 0 bridgehead atoms. The molecule has 0 saturated carbocycles. The first kappa shape index (κ1) is 21.8. The molecule has 0 unspecified atom stereocenters. The molecule has 0 heterocycles. The Morgan fingerprint density at radius 1 is 1.12 bits per heavy atom. The van der Waals surface area contributed by atoms with E-state index in [1.54, 1.807) is 7.11 Å². The lowest BCUT2D eigenvalue weighted by Gasteiger charge is -2.10. The monoisotopic (exact) mass is 468 g/mol. The van der Waals surface area contributed by atoms with Crippen LogP contribution in [0.1, 0.15) is 25.3 Å². The normalized spacial score (nSPS) is 10.6. The van der Waals surface area contributed by atoms with Crippen LogP contribution >= 0.6 is 24.0 Å². The largest absolute Gasteiger partial charge is 0.495 e. The number of halogens is 1. The van der Waals surface area contributed by atoms with Crippen molar-refractivity contribution in [2.24, 2.45) is 10.7 Å². The highest BCUT2D eigenvalue weighted by Crippen LogP contribution is 2.22. The Kier molecular flexibility index (Phi) is 9.50. The molecule has 0 radical (unpaired) electrons. The molecule has 0 saturated heterocycles. The van der Waals surface area contributed by atoms with Gasteiger partial charge in [-0.3, -0.25) is 4.79 Å². The van der Waals surface area contributed by atoms with Gasteiger partial charge in [0.05, 0.1) is 19.3 Å². The van der Waals surface area contributed by atoms with Gasteiger partial charge < -0.3 is 21.1 Å². The van der Waals surface area contributed by atoms with Gasteiger partial charge in [-0.1, -0.05) is 31.2 Å². The van der Waals surface area contributed by atoms with E-state index in [2.05, 4.69) is 15.6 Å². The van der Waals surface area contributed by atoms with Gasteiger partial charge in [-0.15, -0.1) is 24.0 Å². The minimum Gasteiger partial charge on any atom is -0.495 e. The fourth-order valence-corrected chi connectivity index (χ4v) is 2.25. The number of ether oxygens (including phenoxy) is 1. The third kappa shape index (κ3) is 6.91. The van der Waals surface area contributed by atoms with Gasteiger partial charge in [0, 0.05) is 12.1 Å². The Bertz CT molecular complexity index is 733. The van der Waals surface area contributed by atoms with Crippen LogP contribution in [0.15, 0.2) is 53.5 Å². The molecule has 2 aromatic rings. The first-order chi connectivity index (χ1) is 12.1. The van der Waals surface area contributed by atoms with Crippen molar-refractivity contribution in [3.63, 3.8) is 0 Å². The van der Waals surface area contributed by atoms with Crippen LogP contribution in [0.2, 0.25) is 0 Å². The summed E-state index contributed by atoms with van der Waals surface area (Å²) in [5.74, 6) is 1.04. The summed E-state index contributed by atoms with van der Waals surface area (Å²) in [5.41, 5.74) is 8.48. The van der Waals surface area contributed by atoms with Crippen molar-refractivity contribution in [1.82, 2.24) is 0 Å². The Morgan fingerprint density at radius 3 is 2.46 bits per heavy atom. The summed E-state index contributed by atoms with van der Waals surface area (Å²) in [6, 6.07) is 15.1. The highest BCUT2D eigenvalue weighted by atomic mass is 127. The molecule has 4 N–H and O–H groups in total. The molecule has 0 aliphatic rings. The number of aliphatic imine (C=N–C) groups is 1. The van der Waals surface area contributed by atoms with Gasteiger partial charge >= 0.3 is 0 Å². The molecule has 26 heavy (non-hydrogen) atoms. The van der Waals surface area contributed by atoms with Gasteiger partial charge in [-0.05, 0) is 36.2 Å². The summed E-state index contributed by atoms with van der Waals surface area (Å²) in [7, 11) is 1.61. The lowest BCUT2D eigenvalue weighted by molar-refractivity contribution is -0.116. The summed E-state index contributed by atoms with van der Waals surface area (Å²) in [4.78, 5) is 15.9. The lowest BCUT2D eigenvalue weighted by Crippen LogP contribution is -2.22. The van der Waals surface area contributed by atoms with Crippen molar-refractivity contribution >= 4 is 47.2 Å². The fraction of sp³-hybridized carbons (Fsp3) is 0.263. The first-order valence-corrected chi connectivity index (χ1v) is 8.21. The third-order valence-corrected chi connectivity index (χ3v) is 3.52. The second-order valence-electron chi connectivity index (χ2n) is 5.52. The van der Waals surface area contributed by atoms with Gasteiger partial charge in [-0.2, -0.15) is 0 Å². The number of amides is 1. The van der Waals surface area contributed by atoms with E-state index in [0.717, 1.165) is 23.4 Å². The van der Waals surface area contributed by atoms with Crippen LogP contribution in [-0.2, 0) is 11.3 Å². The fourth-order valence-electron chi connectivity index (χ4n) is 2.25. The maximum atomic E-state index is 11.6. The minimum absolute atomic E-state index is 0. The molecule has 1 amide bonds. The number of nitrogens with two attached hydrogens (primary N) is 1. The maximum Gasteiger partial charge on any atom is 0.224 e. The number of methoxy groups -OCH3 is 1. The Labute approximate surface area is 171 Å². The number of carbonyl (C=O) groups is 1. The summed E-state index contributed by atoms with van der Waals surface area (Å²) in [6.45, 7) is 2.42. The zero-order valence-electron chi connectivity index (χ0n) is 15.0. The molecule has 2 aromatic carbocycles. The van der Waals surface area contributed by atoms with Crippen LogP contribution < -0.4 is 21.1 Å². The zero-order chi connectivity index (χ0) is 18.1. The summed E-state index contributed by atoms with van der Waals surface area (Å²) >= 11 is 0. The van der Waals surface area contributed by atoms with E-state index >= 15 is 0 Å². The van der Waals surface area contributed by atoms with Crippen molar-refractivity contribution < 1.29 is 9.53 Å². The number of nitrogens with one attached hydrogen (secondary N) is 2. The molecule has 0 atom stereocenters. The number of guanidine groups is 1. The quantitative estimate of drug-likeness (QED) is 0.326. The zero-order valence-corrected chi connectivity index (χ0v) is 17.3. The third-order valence-electron chi connectivity index (χ3n) is 3.52. The second-order valence-corrected chi connectivity index (χ2v) is 5.52. The summed E-state index contributed by atoms with van der Waals surface area (Å²) < 4.78 is 5.26. The predicted octanol–water partition coefficient (Wildman–Crippen LogP) is 3.98. The number of rotatable bonds is 7. The van der Waals surface area contributed by atoms with Gasteiger partial charge in [0.25, 0.3) is 0 Å². The van der Waals surface area contributed by atoms with Gasteiger partial charge in [0.2, 0.25) is 5.91 Å². The summed E-state index contributed by atoms with van der Waals surface area (Å²) in [5, 5.41) is 5.88. The van der Waals surface area contributed by atoms with Crippen molar-refractivity contribution in [3.8, 4) is 5.75 Å². The molecular weight excluding hydrogens is 443 g/mol. The highest BCUT2D eigenvalue weighted by Gasteiger charge is 2.03. The Balaban J connectivity index is 0.00000338. The first-order valence-electron chi connectivity index (χ1n) is 8.21. The maximum absolute atomic E-state index is 11.6.